The highest BCUT2D eigenvalue weighted by molar-refractivity contribution is 7.92. The Bertz CT molecular complexity index is 1010. The molecule has 0 unspecified atom stereocenters. The lowest BCUT2D eigenvalue weighted by Gasteiger charge is -2.27. The zero-order chi connectivity index (χ0) is 18.7. The van der Waals surface area contributed by atoms with E-state index < -0.39 is 10.0 Å². The van der Waals surface area contributed by atoms with Gasteiger partial charge in [0.25, 0.3) is 10.0 Å². The second-order valence-corrected chi connectivity index (χ2v) is 8.40. The Morgan fingerprint density at radius 1 is 0.769 bits per heavy atom. The first kappa shape index (κ1) is 18.2. The first-order valence-corrected chi connectivity index (χ1v) is 10.0. The number of sulfonamides is 1. The second kappa shape index (κ2) is 7.34. The fraction of sp³-hybridized carbons (Fsp3) is 0.182. The van der Waals surface area contributed by atoms with Crippen molar-refractivity contribution in [1.82, 2.24) is 0 Å². The lowest BCUT2D eigenvalue weighted by atomic mass is 10.1. The van der Waals surface area contributed by atoms with E-state index in [9.17, 15) is 8.42 Å². The average Bonchev–Trinajstić information content (AvgIpc) is 2.62. The van der Waals surface area contributed by atoms with Crippen LogP contribution in [0, 0.1) is 20.8 Å². The van der Waals surface area contributed by atoms with Crippen molar-refractivity contribution >= 4 is 15.7 Å². The van der Waals surface area contributed by atoms with Crippen LogP contribution < -0.4 is 4.31 Å². The third-order valence-electron chi connectivity index (χ3n) is 4.53. The number of rotatable bonds is 5. The van der Waals surface area contributed by atoms with Crippen molar-refractivity contribution in [3.05, 3.63) is 95.1 Å². The molecular formula is C22H23NO2S. The third kappa shape index (κ3) is 3.65. The normalized spacial score (nSPS) is 11.3. The van der Waals surface area contributed by atoms with Gasteiger partial charge in [-0.1, -0.05) is 60.2 Å². The third-order valence-corrected chi connectivity index (χ3v) is 6.30. The van der Waals surface area contributed by atoms with E-state index >= 15 is 0 Å². The molecule has 0 spiro atoms. The van der Waals surface area contributed by atoms with E-state index in [-0.39, 0.29) is 0 Å². The molecule has 3 aromatic rings. The number of anilines is 1. The van der Waals surface area contributed by atoms with E-state index in [0.717, 1.165) is 22.3 Å². The zero-order valence-electron chi connectivity index (χ0n) is 15.3. The average molecular weight is 365 g/mol. The number of aryl methyl sites for hydroxylation is 3. The van der Waals surface area contributed by atoms with E-state index in [1.54, 1.807) is 24.3 Å². The summed E-state index contributed by atoms with van der Waals surface area (Å²) < 4.78 is 28.3. The van der Waals surface area contributed by atoms with Gasteiger partial charge in [-0.15, -0.1) is 0 Å². The van der Waals surface area contributed by atoms with Gasteiger partial charge < -0.3 is 0 Å². The topological polar surface area (TPSA) is 37.4 Å². The summed E-state index contributed by atoms with van der Waals surface area (Å²) in [6.07, 6.45) is 0. The highest BCUT2D eigenvalue weighted by Crippen LogP contribution is 2.30. The standard InChI is InChI=1S/C22H23NO2S/c1-17-13-14-22(19(3)15-17)23(16-20-10-8-7-9-18(20)2)26(24,25)21-11-5-4-6-12-21/h4-15H,16H2,1-3H3. The summed E-state index contributed by atoms with van der Waals surface area (Å²) in [4.78, 5) is 0.300. The first-order valence-electron chi connectivity index (χ1n) is 8.59. The van der Waals surface area contributed by atoms with Crippen LogP contribution in [0.3, 0.4) is 0 Å². The van der Waals surface area contributed by atoms with Gasteiger partial charge in [-0.2, -0.15) is 0 Å². The molecule has 26 heavy (non-hydrogen) atoms. The Labute approximate surface area is 156 Å². The maximum absolute atomic E-state index is 13.4. The van der Waals surface area contributed by atoms with Crippen LogP contribution in [-0.2, 0) is 16.6 Å². The Hall–Kier alpha value is -2.59. The predicted molar refractivity (Wildman–Crippen MR) is 107 cm³/mol. The fourth-order valence-corrected chi connectivity index (χ4v) is 4.58. The summed E-state index contributed by atoms with van der Waals surface area (Å²) in [5.74, 6) is 0. The molecule has 0 bridgehead atoms. The molecule has 0 amide bonds. The minimum absolute atomic E-state index is 0.299. The molecule has 134 valence electrons. The summed E-state index contributed by atoms with van der Waals surface area (Å²) in [7, 11) is -3.67. The van der Waals surface area contributed by atoms with Crippen molar-refractivity contribution in [2.45, 2.75) is 32.2 Å². The Balaban J connectivity index is 2.15. The minimum atomic E-state index is -3.67. The van der Waals surface area contributed by atoms with Crippen LogP contribution in [0.15, 0.2) is 77.7 Å². The number of nitrogens with zero attached hydrogens (tertiary/aromatic N) is 1. The van der Waals surface area contributed by atoms with Crippen LogP contribution in [-0.4, -0.2) is 8.42 Å². The van der Waals surface area contributed by atoms with E-state index in [1.165, 1.54) is 4.31 Å². The van der Waals surface area contributed by atoms with Gasteiger partial charge in [-0.05, 0) is 55.7 Å². The lowest BCUT2D eigenvalue weighted by molar-refractivity contribution is 0.590. The maximum atomic E-state index is 13.4. The predicted octanol–water partition coefficient (Wildman–Crippen LogP) is 5.01. The molecule has 0 aliphatic rings. The molecule has 0 aromatic heterocycles. The second-order valence-electron chi connectivity index (χ2n) is 6.54. The van der Waals surface area contributed by atoms with Crippen LogP contribution in [0.4, 0.5) is 5.69 Å². The molecule has 0 radical (unpaired) electrons. The molecule has 0 aliphatic heterocycles. The SMILES string of the molecule is Cc1ccc(N(Cc2ccccc2C)S(=O)(=O)c2ccccc2)c(C)c1. The highest BCUT2D eigenvalue weighted by atomic mass is 32.2. The molecular weight excluding hydrogens is 342 g/mol. The first-order chi connectivity index (χ1) is 12.4. The van der Waals surface area contributed by atoms with Crippen LogP contribution in [0.5, 0.6) is 0 Å². The number of hydrogen-bond donors (Lipinski definition) is 0. The van der Waals surface area contributed by atoms with Crippen molar-refractivity contribution in [2.24, 2.45) is 0 Å². The molecule has 4 heteroatoms. The van der Waals surface area contributed by atoms with Gasteiger partial charge in [0.05, 0.1) is 17.1 Å². The van der Waals surface area contributed by atoms with Crippen molar-refractivity contribution in [3.8, 4) is 0 Å². The molecule has 0 fully saturated rings. The summed E-state index contributed by atoms with van der Waals surface area (Å²) >= 11 is 0. The summed E-state index contributed by atoms with van der Waals surface area (Å²) in [5.41, 5.74) is 4.83. The van der Waals surface area contributed by atoms with E-state index in [1.807, 2.05) is 69.3 Å². The van der Waals surface area contributed by atoms with Gasteiger partial charge in [0.1, 0.15) is 0 Å². The number of benzene rings is 3. The zero-order valence-corrected chi connectivity index (χ0v) is 16.1. The number of hydrogen-bond acceptors (Lipinski definition) is 2. The van der Waals surface area contributed by atoms with E-state index in [0.29, 0.717) is 17.1 Å². The smallest absolute Gasteiger partial charge is 0.262 e. The molecule has 0 saturated carbocycles. The van der Waals surface area contributed by atoms with Crippen LogP contribution in [0.2, 0.25) is 0 Å². The molecule has 0 atom stereocenters. The van der Waals surface area contributed by atoms with Crippen molar-refractivity contribution in [3.63, 3.8) is 0 Å². The monoisotopic (exact) mass is 365 g/mol. The summed E-state index contributed by atoms with van der Waals surface area (Å²) in [6, 6.07) is 22.4. The van der Waals surface area contributed by atoms with Gasteiger partial charge in [0, 0.05) is 0 Å². The van der Waals surface area contributed by atoms with Gasteiger partial charge in [0.2, 0.25) is 0 Å². The van der Waals surface area contributed by atoms with E-state index in [4.69, 9.17) is 0 Å². The van der Waals surface area contributed by atoms with E-state index in [2.05, 4.69) is 0 Å². The maximum Gasteiger partial charge on any atom is 0.264 e. The quantitative estimate of drug-likeness (QED) is 0.637. The van der Waals surface area contributed by atoms with Gasteiger partial charge in [-0.25, -0.2) is 8.42 Å². The van der Waals surface area contributed by atoms with Gasteiger partial charge >= 0.3 is 0 Å². The van der Waals surface area contributed by atoms with Crippen LogP contribution >= 0.6 is 0 Å². The molecule has 0 N–H and O–H groups in total. The largest absolute Gasteiger partial charge is 0.264 e. The molecule has 0 heterocycles. The lowest BCUT2D eigenvalue weighted by Crippen LogP contribution is -2.31. The molecule has 3 aromatic carbocycles. The molecule has 0 aliphatic carbocycles. The summed E-state index contributed by atoms with van der Waals surface area (Å²) in [6.45, 7) is 6.26. The summed E-state index contributed by atoms with van der Waals surface area (Å²) in [5, 5.41) is 0. The van der Waals surface area contributed by atoms with Crippen molar-refractivity contribution in [2.75, 3.05) is 4.31 Å². The van der Waals surface area contributed by atoms with Crippen LogP contribution in [0.25, 0.3) is 0 Å². The molecule has 3 rings (SSSR count). The Morgan fingerprint density at radius 2 is 1.42 bits per heavy atom. The van der Waals surface area contributed by atoms with Crippen LogP contribution in [0.1, 0.15) is 22.3 Å². The van der Waals surface area contributed by atoms with Crippen molar-refractivity contribution in [1.29, 1.82) is 0 Å². The van der Waals surface area contributed by atoms with Gasteiger partial charge in [-0.3, -0.25) is 4.31 Å². The van der Waals surface area contributed by atoms with Gasteiger partial charge in [0.15, 0.2) is 0 Å². The minimum Gasteiger partial charge on any atom is -0.262 e. The molecule has 0 saturated heterocycles. The molecule has 3 nitrogen and oxygen atoms in total. The van der Waals surface area contributed by atoms with Crippen molar-refractivity contribution < 1.29 is 8.42 Å². The Kier molecular flexibility index (Phi) is 5.14. The Morgan fingerprint density at radius 3 is 2.08 bits per heavy atom. The highest BCUT2D eigenvalue weighted by Gasteiger charge is 2.26. The fourth-order valence-electron chi connectivity index (χ4n) is 3.05.